The monoisotopic (exact) mass is 464 g/mol. The van der Waals surface area contributed by atoms with Crippen LogP contribution in [-0.2, 0) is 32.3 Å². The smallest absolute Gasteiger partial charge is 0.341 e. The van der Waals surface area contributed by atoms with Crippen LogP contribution in [0, 0.1) is 6.92 Å². The average Bonchev–Trinajstić information content (AvgIpc) is 3.04. The summed E-state index contributed by atoms with van der Waals surface area (Å²) in [5, 5.41) is 3.03. The van der Waals surface area contributed by atoms with Gasteiger partial charge in [0.15, 0.2) is 9.84 Å². The lowest BCUT2D eigenvalue weighted by atomic mass is 10.0. The summed E-state index contributed by atoms with van der Waals surface area (Å²) in [5.41, 5.74) is 2.17. The predicted molar refractivity (Wildman–Crippen MR) is 121 cm³/mol. The van der Waals surface area contributed by atoms with E-state index in [1.165, 1.54) is 23.5 Å². The normalized spacial score (nSPS) is 14.4. The zero-order chi connectivity index (χ0) is 22.8. The number of amides is 1. The number of sulfone groups is 1. The Balaban J connectivity index is 1.85. The molecule has 168 valence electrons. The number of hydrogen-bond acceptors (Lipinski definition) is 7. The third-order valence-electron chi connectivity index (χ3n) is 5.25. The molecule has 1 amide bonds. The first kappa shape index (κ1) is 23.4. The van der Waals surface area contributed by atoms with Crippen molar-refractivity contribution >= 4 is 38.1 Å². The van der Waals surface area contributed by atoms with E-state index in [1.807, 2.05) is 6.92 Å². The van der Waals surface area contributed by atoms with Gasteiger partial charge in [0.2, 0.25) is 5.91 Å². The second-order valence-corrected chi connectivity index (χ2v) is 11.0. The van der Waals surface area contributed by atoms with Gasteiger partial charge in [0.25, 0.3) is 0 Å². The van der Waals surface area contributed by atoms with Gasteiger partial charge in [0.05, 0.1) is 17.1 Å². The van der Waals surface area contributed by atoms with Gasteiger partial charge in [-0.1, -0.05) is 17.7 Å². The quantitative estimate of drug-likeness (QED) is 0.631. The van der Waals surface area contributed by atoms with Gasteiger partial charge in [-0.05, 0) is 51.8 Å². The van der Waals surface area contributed by atoms with Crippen molar-refractivity contribution in [2.45, 2.75) is 51.6 Å². The number of benzene rings is 1. The van der Waals surface area contributed by atoms with E-state index < -0.39 is 27.5 Å². The molecule has 1 aromatic carbocycles. The fourth-order valence-electron chi connectivity index (χ4n) is 3.54. The summed E-state index contributed by atoms with van der Waals surface area (Å²) >= 11 is 1.32. The van der Waals surface area contributed by atoms with E-state index in [0.717, 1.165) is 22.5 Å². The lowest BCUT2D eigenvalue weighted by Gasteiger charge is -2.30. The van der Waals surface area contributed by atoms with Crippen molar-refractivity contribution < 1.29 is 22.7 Å². The Morgan fingerprint density at radius 1 is 1.23 bits per heavy atom. The lowest BCUT2D eigenvalue weighted by molar-refractivity contribution is -0.113. The summed E-state index contributed by atoms with van der Waals surface area (Å²) < 4.78 is 30.5. The van der Waals surface area contributed by atoms with Crippen LogP contribution in [0.5, 0.6) is 0 Å². The first-order valence-electron chi connectivity index (χ1n) is 10.3. The molecule has 0 radical (unpaired) electrons. The number of carbonyl (C=O) groups is 2. The van der Waals surface area contributed by atoms with E-state index >= 15 is 0 Å². The van der Waals surface area contributed by atoms with Gasteiger partial charge in [-0.15, -0.1) is 11.3 Å². The highest BCUT2D eigenvalue weighted by Crippen LogP contribution is 2.38. The molecule has 31 heavy (non-hydrogen) atoms. The first-order valence-corrected chi connectivity index (χ1v) is 12.7. The molecule has 1 aliphatic heterocycles. The van der Waals surface area contributed by atoms with Gasteiger partial charge in [-0.2, -0.15) is 0 Å². The maximum absolute atomic E-state index is 12.6. The highest BCUT2D eigenvalue weighted by molar-refractivity contribution is 7.92. The van der Waals surface area contributed by atoms with E-state index in [9.17, 15) is 18.0 Å². The summed E-state index contributed by atoms with van der Waals surface area (Å²) in [5.74, 6) is -1.86. The van der Waals surface area contributed by atoms with Gasteiger partial charge >= 0.3 is 5.97 Å². The molecule has 9 heteroatoms. The summed E-state index contributed by atoms with van der Waals surface area (Å²) in [6.45, 7) is 9.52. The number of thiophene rings is 1. The molecule has 0 unspecified atom stereocenters. The number of hydrogen-bond donors (Lipinski definition) is 1. The first-order chi connectivity index (χ1) is 14.6. The largest absolute Gasteiger partial charge is 0.462 e. The highest BCUT2D eigenvalue weighted by Gasteiger charge is 2.31. The van der Waals surface area contributed by atoms with E-state index in [1.54, 1.807) is 19.1 Å². The standard InChI is InChI=1S/C22H28N2O5S2/c1-5-29-22(26)20-17-10-11-24(14(2)3)12-18(17)30-21(20)23-19(25)13-31(27,28)16-8-6-15(4)7-9-16/h6-9,14H,5,10-13H2,1-4H3,(H,23,25). The number of aryl methyl sites for hydroxylation is 1. The zero-order valence-corrected chi connectivity index (χ0v) is 19.9. The Kier molecular flexibility index (Phi) is 7.18. The Labute approximate surface area is 187 Å². The summed E-state index contributed by atoms with van der Waals surface area (Å²) in [6.07, 6.45) is 0.676. The Morgan fingerprint density at radius 2 is 1.90 bits per heavy atom. The molecule has 1 N–H and O–H groups in total. The van der Waals surface area contributed by atoms with Crippen LogP contribution < -0.4 is 5.32 Å². The van der Waals surface area contributed by atoms with Crippen molar-refractivity contribution in [3.8, 4) is 0 Å². The number of carbonyl (C=O) groups excluding carboxylic acids is 2. The third kappa shape index (κ3) is 5.34. The van der Waals surface area contributed by atoms with Crippen LogP contribution in [0.3, 0.4) is 0 Å². The summed E-state index contributed by atoms with van der Waals surface area (Å²) in [6, 6.07) is 6.73. The van der Waals surface area contributed by atoms with Gasteiger partial charge < -0.3 is 10.1 Å². The SMILES string of the molecule is CCOC(=O)c1c(NC(=O)CS(=O)(=O)c2ccc(C)cc2)sc2c1CCN(C(C)C)C2. The Morgan fingerprint density at radius 3 is 2.52 bits per heavy atom. The summed E-state index contributed by atoms with van der Waals surface area (Å²) in [4.78, 5) is 28.7. The summed E-state index contributed by atoms with van der Waals surface area (Å²) in [7, 11) is -3.79. The highest BCUT2D eigenvalue weighted by atomic mass is 32.2. The molecular weight excluding hydrogens is 436 g/mol. The minimum absolute atomic E-state index is 0.0944. The van der Waals surface area contributed by atoms with Crippen LogP contribution >= 0.6 is 11.3 Å². The predicted octanol–water partition coefficient (Wildman–Crippen LogP) is 3.41. The number of anilines is 1. The molecular formula is C22H28N2O5S2. The average molecular weight is 465 g/mol. The van der Waals surface area contributed by atoms with Gasteiger partial charge in [-0.25, -0.2) is 13.2 Å². The van der Waals surface area contributed by atoms with E-state index in [2.05, 4.69) is 24.1 Å². The number of rotatable bonds is 7. The van der Waals surface area contributed by atoms with Crippen molar-refractivity contribution in [2.24, 2.45) is 0 Å². The van der Waals surface area contributed by atoms with Crippen LogP contribution in [0.1, 0.15) is 47.1 Å². The fourth-order valence-corrected chi connectivity index (χ4v) is 5.95. The van der Waals surface area contributed by atoms with Gasteiger partial charge in [0.1, 0.15) is 10.8 Å². The fraction of sp³-hybridized carbons (Fsp3) is 0.455. The molecule has 2 heterocycles. The van der Waals surface area contributed by atoms with Crippen molar-refractivity contribution in [1.29, 1.82) is 0 Å². The molecule has 0 aliphatic carbocycles. The molecule has 1 aliphatic rings. The van der Waals surface area contributed by atoms with Crippen molar-refractivity contribution in [1.82, 2.24) is 4.90 Å². The molecule has 0 atom stereocenters. The lowest BCUT2D eigenvalue weighted by Crippen LogP contribution is -2.35. The minimum atomic E-state index is -3.79. The number of esters is 1. The van der Waals surface area contributed by atoms with E-state index in [0.29, 0.717) is 29.6 Å². The Bertz CT molecular complexity index is 1070. The maximum atomic E-state index is 12.6. The maximum Gasteiger partial charge on any atom is 0.341 e. The van der Waals surface area contributed by atoms with Crippen LogP contribution in [-0.4, -0.2) is 50.1 Å². The molecule has 0 spiro atoms. The van der Waals surface area contributed by atoms with Crippen molar-refractivity contribution in [3.63, 3.8) is 0 Å². The van der Waals surface area contributed by atoms with Crippen LogP contribution in [0.15, 0.2) is 29.2 Å². The van der Waals surface area contributed by atoms with Crippen LogP contribution in [0.2, 0.25) is 0 Å². The molecule has 0 saturated carbocycles. The van der Waals surface area contributed by atoms with Crippen LogP contribution in [0.4, 0.5) is 5.00 Å². The molecule has 1 aromatic heterocycles. The second-order valence-electron chi connectivity index (χ2n) is 7.86. The number of nitrogens with zero attached hydrogens (tertiary/aromatic N) is 1. The Hall–Kier alpha value is -2.23. The molecule has 0 fully saturated rings. The number of fused-ring (bicyclic) bond motifs is 1. The molecule has 0 saturated heterocycles. The van der Waals surface area contributed by atoms with Crippen molar-refractivity contribution in [2.75, 3.05) is 24.2 Å². The number of ether oxygens (including phenoxy) is 1. The van der Waals surface area contributed by atoms with E-state index in [4.69, 9.17) is 4.74 Å². The van der Waals surface area contributed by atoms with Gasteiger partial charge in [-0.3, -0.25) is 9.69 Å². The minimum Gasteiger partial charge on any atom is -0.462 e. The molecule has 2 aromatic rings. The third-order valence-corrected chi connectivity index (χ3v) is 8.02. The molecule has 0 bridgehead atoms. The zero-order valence-electron chi connectivity index (χ0n) is 18.2. The van der Waals surface area contributed by atoms with Gasteiger partial charge in [0, 0.05) is 24.0 Å². The molecule has 7 nitrogen and oxygen atoms in total. The van der Waals surface area contributed by atoms with Crippen LogP contribution in [0.25, 0.3) is 0 Å². The number of nitrogens with one attached hydrogen (secondary N) is 1. The second kappa shape index (κ2) is 9.50. The molecule has 3 rings (SSSR count). The van der Waals surface area contributed by atoms with E-state index in [-0.39, 0.29) is 11.5 Å². The topological polar surface area (TPSA) is 92.8 Å². The van der Waals surface area contributed by atoms with Crippen molar-refractivity contribution in [3.05, 3.63) is 45.8 Å².